The Morgan fingerprint density at radius 1 is 1.38 bits per heavy atom. The molecule has 2 aliphatic rings. The summed E-state index contributed by atoms with van der Waals surface area (Å²) < 4.78 is 5.07. The molecule has 2 aliphatic heterocycles. The molecule has 0 spiro atoms. The number of likely N-dealkylation sites (tertiary alicyclic amines) is 1. The van der Waals surface area contributed by atoms with Crippen molar-refractivity contribution in [2.45, 2.75) is 6.42 Å². The third-order valence-corrected chi connectivity index (χ3v) is 2.72. The topological polar surface area (TPSA) is 49.8 Å². The number of ether oxygens (including phenoxy) is 1. The van der Waals surface area contributed by atoms with Crippen LogP contribution in [0, 0.1) is 11.8 Å². The molecule has 0 bridgehead atoms. The SMILES string of the molecule is O=C(O)CC1CN(CC2COC2)C1. The molecule has 0 amide bonds. The van der Waals surface area contributed by atoms with Crippen molar-refractivity contribution in [3.8, 4) is 0 Å². The van der Waals surface area contributed by atoms with Gasteiger partial charge in [-0.1, -0.05) is 0 Å². The molecule has 0 unspecified atom stereocenters. The van der Waals surface area contributed by atoms with Crippen molar-refractivity contribution >= 4 is 5.97 Å². The summed E-state index contributed by atoms with van der Waals surface area (Å²) in [5, 5.41) is 8.54. The highest BCUT2D eigenvalue weighted by Crippen LogP contribution is 2.22. The first-order valence-corrected chi connectivity index (χ1v) is 4.76. The predicted molar refractivity (Wildman–Crippen MR) is 46.5 cm³/mol. The van der Waals surface area contributed by atoms with Gasteiger partial charge in [-0.05, 0) is 5.92 Å². The Balaban J connectivity index is 1.58. The van der Waals surface area contributed by atoms with E-state index >= 15 is 0 Å². The average molecular weight is 185 g/mol. The molecule has 2 fully saturated rings. The maximum atomic E-state index is 10.4. The maximum absolute atomic E-state index is 10.4. The molecule has 0 aliphatic carbocycles. The van der Waals surface area contributed by atoms with Crippen molar-refractivity contribution in [1.29, 1.82) is 0 Å². The van der Waals surface area contributed by atoms with Crippen molar-refractivity contribution in [2.24, 2.45) is 11.8 Å². The van der Waals surface area contributed by atoms with Gasteiger partial charge in [-0.25, -0.2) is 0 Å². The van der Waals surface area contributed by atoms with E-state index in [-0.39, 0.29) is 0 Å². The van der Waals surface area contributed by atoms with E-state index in [0.717, 1.165) is 32.8 Å². The van der Waals surface area contributed by atoms with Crippen LogP contribution in [-0.4, -0.2) is 48.8 Å². The highest BCUT2D eigenvalue weighted by Gasteiger charge is 2.31. The van der Waals surface area contributed by atoms with Crippen molar-refractivity contribution in [3.05, 3.63) is 0 Å². The molecule has 1 N–H and O–H groups in total. The number of rotatable bonds is 4. The first-order chi connectivity index (χ1) is 6.24. The molecule has 2 saturated heterocycles. The molecule has 4 nitrogen and oxygen atoms in total. The third kappa shape index (κ3) is 2.19. The zero-order chi connectivity index (χ0) is 9.26. The molecule has 74 valence electrons. The standard InChI is InChI=1S/C9H15NO3/c11-9(12)1-7-2-10(3-7)4-8-5-13-6-8/h7-8H,1-6H2,(H,11,12). The number of carboxylic acid groups (broad SMARTS) is 1. The Morgan fingerprint density at radius 2 is 2.08 bits per heavy atom. The average Bonchev–Trinajstić information content (AvgIpc) is 1.88. The van der Waals surface area contributed by atoms with E-state index in [1.54, 1.807) is 0 Å². The summed E-state index contributed by atoms with van der Waals surface area (Å²) in [5.74, 6) is 0.418. The van der Waals surface area contributed by atoms with E-state index in [0.29, 0.717) is 18.3 Å². The quantitative estimate of drug-likeness (QED) is 0.671. The largest absolute Gasteiger partial charge is 0.481 e. The second kappa shape index (κ2) is 3.64. The van der Waals surface area contributed by atoms with E-state index in [4.69, 9.17) is 9.84 Å². The predicted octanol–water partition coefficient (Wildman–Crippen LogP) is 0.0393. The smallest absolute Gasteiger partial charge is 0.303 e. The van der Waals surface area contributed by atoms with Gasteiger partial charge in [-0.3, -0.25) is 4.79 Å². The van der Waals surface area contributed by atoms with Crippen LogP contribution in [0.2, 0.25) is 0 Å². The van der Waals surface area contributed by atoms with Crippen LogP contribution in [0.3, 0.4) is 0 Å². The van der Waals surface area contributed by atoms with Crippen LogP contribution in [-0.2, 0) is 9.53 Å². The van der Waals surface area contributed by atoms with Crippen LogP contribution >= 0.6 is 0 Å². The molecule has 0 radical (unpaired) electrons. The van der Waals surface area contributed by atoms with Gasteiger partial charge < -0.3 is 14.7 Å². The highest BCUT2D eigenvalue weighted by atomic mass is 16.5. The normalized spacial score (nSPS) is 25.2. The maximum Gasteiger partial charge on any atom is 0.303 e. The van der Waals surface area contributed by atoms with E-state index in [1.807, 2.05) is 0 Å². The van der Waals surface area contributed by atoms with E-state index < -0.39 is 5.97 Å². The summed E-state index contributed by atoms with van der Waals surface area (Å²) in [6, 6.07) is 0. The lowest BCUT2D eigenvalue weighted by molar-refractivity contribution is -0.140. The van der Waals surface area contributed by atoms with E-state index in [1.165, 1.54) is 0 Å². The van der Waals surface area contributed by atoms with Crippen LogP contribution in [0.1, 0.15) is 6.42 Å². The number of nitrogens with zero attached hydrogens (tertiary/aromatic N) is 1. The summed E-state index contributed by atoms with van der Waals surface area (Å²) in [6.07, 6.45) is 0.331. The third-order valence-electron chi connectivity index (χ3n) is 2.72. The van der Waals surface area contributed by atoms with Crippen LogP contribution in [0.25, 0.3) is 0 Å². The second-order valence-corrected chi connectivity index (χ2v) is 4.09. The minimum absolute atomic E-state index is 0.331. The fourth-order valence-corrected chi connectivity index (χ4v) is 1.96. The van der Waals surface area contributed by atoms with E-state index in [2.05, 4.69) is 4.90 Å². The lowest BCUT2D eigenvalue weighted by Crippen LogP contribution is -2.51. The number of aliphatic carboxylic acids is 1. The monoisotopic (exact) mass is 185 g/mol. The lowest BCUT2D eigenvalue weighted by atomic mass is 9.94. The summed E-state index contributed by atoms with van der Waals surface area (Å²) >= 11 is 0. The van der Waals surface area contributed by atoms with Gasteiger partial charge in [0, 0.05) is 25.6 Å². The number of hydrogen-bond donors (Lipinski definition) is 1. The summed E-state index contributed by atoms with van der Waals surface area (Å²) in [6.45, 7) is 4.79. The minimum Gasteiger partial charge on any atom is -0.481 e. The van der Waals surface area contributed by atoms with Crippen molar-refractivity contribution < 1.29 is 14.6 Å². The fourth-order valence-electron chi connectivity index (χ4n) is 1.96. The van der Waals surface area contributed by atoms with Gasteiger partial charge in [0.1, 0.15) is 0 Å². The Labute approximate surface area is 77.5 Å². The molecule has 0 saturated carbocycles. The number of carbonyl (C=O) groups is 1. The van der Waals surface area contributed by atoms with Crippen LogP contribution in [0.5, 0.6) is 0 Å². The highest BCUT2D eigenvalue weighted by molar-refractivity contribution is 5.67. The first-order valence-electron chi connectivity index (χ1n) is 4.76. The molecule has 4 heteroatoms. The molecular weight excluding hydrogens is 170 g/mol. The van der Waals surface area contributed by atoms with Crippen LogP contribution < -0.4 is 0 Å². The molecular formula is C9H15NO3. The van der Waals surface area contributed by atoms with Crippen molar-refractivity contribution in [3.63, 3.8) is 0 Å². The van der Waals surface area contributed by atoms with Crippen molar-refractivity contribution in [1.82, 2.24) is 4.90 Å². The number of carboxylic acids is 1. The van der Waals surface area contributed by atoms with Gasteiger partial charge in [-0.2, -0.15) is 0 Å². The van der Waals surface area contributed by atoms with Gasteiger partial charge in [0.2, 0.25) is 0 Å². The van der Waals surface area contributed by atoms with Gasteiger partial charge in [0.15, 0.2) is 0 Å². The van der Waals surface area contributed by atoms with Gasteiger partial charge >= 0.3 is 5.97 Å². The summed E-state index contributed by atoms with van der Waals surface area (Å²) in [5.41, 5.74) is 0. The van der Waals surface area contributed by atoms with Crippen molar-refractivity contribution in [2.75, 3.05) is 32.8 Å². The van der Waals surface area contributed by atoms with Crippen LogP contribution in [0.4, 0.5) is 0 Å². The lowest BCUT2D eigenvalue weighted by Gasteiger charge is -2.42. The Hall–Kier alpha value is -0.610. The fraction of sp³-hybridized carbons (Fsp3) is 0.889. The van der Waals surface area contributed by atoms with Crippen LogP contribution in [0.15, 0.2) is 0 Å². The Bertz CT molecular complexity index is 197. The summed E-state index contributed by atoms with van der Waals surface area (Å²) in [4.78, 5) is 12.7. The molecule has 0 aromatic carbocycles. The molecule has 0 aromatic heterocycles. The molecule has 0 aromatic rings. The number of hydrogen-bond acceptors (Lipinski definition) is 3. The van der Waals surface area contributed by atoms with Gasteiger partial charge in [-0.15, -0.1) is 0 Å². The Kier molecular flexibility index (Phi) is 2.51. The first kappa shape index (κ1) is 8.97. The molecule has 0 atom stereocenters. The van der Waals surface area contributed by atoms with E-state index in [9.17, 15) is 4.79 Å². The zero-order valence-corrected chi connectivity index (χ0v) is 7.61. The molecule has 2 rings (SSSR count). The summed E-state index contributed by atoms with van der Waals surface area (Å²) in [7, 11) is 0. The molecule has 13 heavy (non-hydrogen) atoms. The van der Waals surface area contributed by atoms with Gasteiger partial charge in [0.05, 0.1) is 19.6 Å². The minimum atomic E-state index is -0.670. The molecule has 2 heterocycles. The zero-order valence-electron chi connectivity index (χ0n) is 7.61. The van der Waals surface area contributed by atoms with Gasteiger partial charge in [0.25, 0.3) is 0 Å². The Morgan fingerprint density at radius 3 is 2.54 bits per heavy atom. The second-order valence-electron chi connectivity index (χ2n) is 4.09.